The zero-order valence-electron chi connectivity index (χ0n) is 12.5. The van der Waals surface area contributed by atoms with Crippen LogP contribution in [0.25, 0.3) is 5.65 Å². The highest BCUT2D eigenvalue weighted by Gasteiger charge is 2.12. The number of benzene rings is 1. The summed E-state index contributed by atoms with van der Waals surface area (Å²) >= 11 is 5.82. The average molecular weight is 331 g/mol. The fourth-order valence-corrected chi connectivity index (χ4v) is 2.32. The molecule has 0 aliphatic rings. The molecule has 0 bridgehead atoms. The first-order chi connectivity index (χ1) is 11.2. The van der Waals surface area contributed by atoms with Crippen LogP contribution in [-0.4, -0.2) is 27.1 Å². The standard InChI is InChI=1S/C16H15ClN4O2/c1-2-23-13-6-4-3-5-11(13)9-18-16(22)12-10-21-15(19-12)8-7-14(17)20-21/h3-8,10H,2,9H2,1H3,(H,18,22). The van der Waals surface area contributed by atoms with Gasteiger partial charge in [-0.2, -0.15) is 5.10 Å². The molecular formula is C16H15ClN4O2. The highest BCUT2D eigenvalue weighted by atomic mass is 35.5. The minimum Gasteiger partial charge on any atom is -0.494 e. The van der Waals surface area contributed by atoms with Gasteiger partial charge < -0.3 is 10.1 Å². The second kappa shape index (κ2) is 6.66. The summed E-state index contributed by atoms with van der Waals surface area (Å²) in [6, 6.07) is 10.9. The normalized spacial score (nSPS) is 10.7. The van der Waals surface area contributed by atoms with Crippen LogP contribution in [0.3, 0.4) is 0 Å². The molecule has 2 aromatic heterocycles. The van der Waals surface area contributed by atoms with Gasteiger partial charge in [0.2, 0.25) is 0 Å². The van der Waals surface area contributed by atoms with E-state index in [9.17, 15) is 4.79 Å². The number of nitrogens with one attached hydrogen (secondary N) is 1. The lowest BCUT2D eigenvalue weighted by molar-refractivity contribution is 0.0946. The van der Waals surface area contributed by atoms with E-state index in [1.54, 1.807) is 18.3 Å². The molecule has 0 spiro atoms. The van der Waals surface area contributed by atoms with E-state index >= 15 is 0 Å². The van der Waals surface area contributed by atoms with Gasteiger partial charge in [0.05, 0.1) is 12.8 Å². The molecule has 3 aromatic rings. The Bertz CT molecular complexity index is 847. The van der Waals surface area contributed by atoms with Crippen molar-refractivity contribution in [2.45, 2.75) is 13.5 Å². The average Bonchev–Trinajstić information content (AvgIpc) is 2.97. The van der Waals surface area contributed by atoms with Gasteiger partial charge in [-0.05, 0) is 25.1 Å². The Kier molecular flexibility index (Phi) is 4.43. The first-order valence-corrected chi connectivity index (χ1v) is 7.56. The van der Waals surface area contributed by atoms with Crippen LogP contribution in [0, 0.1) is 0 Å². The lowest BCUT2D eigenvalue weighted by atomic mass is 10.2. The topological polar surface area (TPSA) is 68.5 Å². The zero-order chi connectivity index (χ0) is 16.2. The molecule has 118 valence electrons. The zero-order valence-corrected chi connectivity index (χ0v) is 13.2. The number of fused-ring (bicyclic) bond motifs is 1. The number of carbonyl (C=O) groups excluding carboxylic acids is 1. The summed E-state index contributed by atoms with van der Waals surface area (Å²) in [4.78, 5) is 16.5. The quantitative estimate of drug-likeness (QED) is 0.781. The molecular weight excluding hydrogens is 316 g/mol. The van der Waals surface area contributed by atoms with E-state index in [-0.39, 0.29) is 11.6 Å². The van der Waals surface area contributed by atoms with Crippen LogP contribution in [0.2, 0.25) is 5.15 Å². The van der Waals surface area contributed by atoms with Gasteiger partial charge in [-0.15, -0.1) is 0 Å². The minimum atomic E-state index is -0.280. The van der Waals surface area contributed by atoms with Gasteiger partial charge in [-0.25, -0.2) is 9.50 Å². The van der Waals surface area contributed by atoms with Crippen molar-refractivity contribution in [1.29, 1.82) is 0 Å². The number of aromatic nitrogens is 3. The third-order valence-electron chi connectivity index (χ3n) is 3.23. The van der Waals surface area contributed by atoms with Crippen molar-refractivity contribution in [2.24, 2.45) is 0 Å². The van der Waals surface area contributed by atoms with Gasteiger partial charge in [0.15, 0.2) is 5.65 Å². The summed E-state index contributed by atoms with van der Waals surface area (Å²) < 4.78 is 7.02. The van der Waals surface area contributed by atoms with Gasteiger partial charge in [-0.3, -0.25) is 4.79 Å². The van der Waals surface area contributed by atoms with Crippen molar-refractivity contribution in [3.63, 3.8) is 0 Å². The number of para-hydroxylation sites is 1. The molecule has 0 fully saturated rings. The van der Waals surface area contributed by atoms with E-state index in [1.165, 1.54) is 4.52 Å². The summed E-state index contributed by atoms with van der Waals surface area (Å²) in [5, 5.41) is 7.23. The number of hydrogen-bond acceptors (Lipinski definition) is 4. The molecule has 0 saturated heterocycles. The van der Waals surface area contributed by atoms with Gasteiger partial charge >= 0.3 is 0 Å². The fourth-order valence-electron chi connectivity index (χ4n) is 2.18. The summed E-state index contributed by atoms with van der Waals surface area (Å²) in [5.74, 6) is 0.483. The van der Waals surface area contributed by atoms with E-state index in [0.29, 0.717) is 24.0 Å². The number of amides is 1. The van der Waals surface area contributed by atoms with Gasteiger partial charge in [0, 0.05) is 12.1 Å². The van der Waals surface area contributed by atoms with Crippen LogP contribution in [0.15, 0.2) is 42.6 Å². The molecule has 23 heavy (non-hydrogen) atoms. The maximum absolute atomic E-state index is 12.3. The first-order valence-electron chi connectivity index (χ1n) is 7.18. The van der Waals surface area contributed by atoms with Crippen LogP contribution in [0.1, 0.15) is 23.0 Å². The van der Waals surface area contributed by atoms with Crippen molar-refractivity contribution in [3.05, 3.63) is 59.0 Å². The maximum atomic E-state index is 12.3. The van der Waals surface area contributed by atoms with Gasteiger partial charge in [0.25, 0.3) is 5.91 Å². The third kappa shape index (κ3) is 3.43. The molecule has 6 nitrogen and oxygen atoms in total. The lowest BCUT2D eigenvalue weighted by Crippen LogP contribution is -2.23. The molecule has 0 aliphatic heterocycles. The SMILES string of the molecule is CCOc1ccccc1CNC(=O)c1cn2nc(Cl)ccc2n1. The van der Waals surface area contributed by atoms with E-state index in [2.05, 4.69) is 15.4 Å². The minimum absolute atomic E-state index is 0.280. The van der Waals surface area contributed by atoms with Crippen molar-refractivity contribution >= 4 is 23.2 Å². The van der Waals surface area contributed by atoms with Crippen LogP contribution < -0.4 is 10.1 Å². The second-order valence-electron chi connectivity index (χ2n) is 4.81. The lowest BCUT2D eigenvalue weighted by Gasteiger charge is -2.10. The van der Waals surface area contributed by atoms with Crippen LogP contribution in [-0.2, 0) is 6.54 Å². The Morgan fingerprint density at radius 1 is 1.30 bits per heavy atom. The van der Waals surface area contributed by atoms with Crippen molar-refractivity contribution in [3.8, 4) is 5.75 Å². The van der Waals surface area contributed by atoms with Crippen molar-refractivity contribution in [2.75, 3.05) is 6.61 Å². The van der Waals surface area contributed by atoms with Crippen molar-refractivity contribution < 1.29 is 9.53 Å². The number of ether oxygens (including phenoxy) is 1. The summed E-state index contributed by atoms with van der Waals surface area (Å²) in [6.07, 6.45) is 1.55. The predicted octanol–water partition coefficient (Wildman–Crippen LogP) is 2.71. The molecule has 7 heteroatoms. The van der Waals surface area contributed by atoms with Crippen molar-refractivity contribution in [1.82, 2.24) is 19.9 Å². The number of hydrogen-bond donors (Lipinski definition) is 1. The number of nitrogens with zero attached hydrogens (tertiary/aromatic N) is 3. The monoisotopic (exact) mass is 330 g/mol. The molecule has 1 N–H and O–H groups in total. The Hall–Kier alpha value is -2.60. The number of rotatable bonds is 5. The molecule has 3 rings (SSSR count). The summed E-state index contributed by atoms with van der Waals surface area (Å²) in [5.41, 5.74) is 1.76. The molecule has 0 atom stereocenters. The van der Waals surface area contributed by atoms with E-state index in [0.717, 1.165) is 11.3 Å². The highest BCUT2D eigenvalue weighted by molar-refractivity contribution is 6.29. The molecule has 1 aromatic carbocycles. The Balaban J connectivity index is 1.73. The smallest absolute Gasteiger partial charge is 0.271 e. The van der Waals surface area contributed by atoms with E-state index < -0.39 is 0 Å². The Morgan fingerprint density at radius 3 is 2.96 bits per heavy atom. The molecule has 0 unspecified atom stereocenters. The number of carbonyl (C=O) groups is 1. The Morgan fingerprint density at radius 2 is 2.13 bits per heavy atom. The van der Waals surface area contributed by atoms with Gasteiger partial charge in [-0.1, -0.05) is 29.8 Å². The first kappa shape index (κ1) is 15.3. The largest absolute Gasteiger partial charge is 0.494 e. The predicted molar refractivity (Wildman–Crippen MR) is 86.8 cm³/mol. The Labute approximate surface area is 138 Å². The van der Waals surface area contributed by atoms with Crippen LogP contribution in [0.4, 0.5) is 0 Å². The molecule has 0 saturated carbocycles. The summed E-state index contributed by atoms with van der Waals surface area (Å²) in [6.45, 7) is 2.85. The molecule has 2 heterocycles. The maximum Gasteiger partial charge on any atom is 0.271 e. The second-order valence-corrected chi connectivity index (χ2v) is 5.20. The van der Waals surface area contributed by atoms with Crippen LogP contribution >= 0.6 is 11.6 Å². The van der Waals surface area contributed by atoms with E-state index in [1.807, 2.05) is 31.2 Å². The third-order valence-corrected chi connectivity index (χ3v) is 3.43. The molecule has 1 amide bonds. The summed E-state index contributed by atoms with van der Waals surface area (Å²) in [7, 11) is 0. The fraction of sp³-hybridized carbons (Fsp3) is 0.188. The number of halogens is 1. The molecule has 0 aliphatic carbocycles. The van der Waals surface area contributed by atoms with Gasteiger partial charge in [0.1, 0.15) is 16.6 Å². The highest BCUT2D eigenvalue weighted by Crippen LogP contribution is 2.17. The van der Waals surface area contributed by atoms with E-state index in [4.69, 9.17) is 16.3 Å². The van der Waals surface area contributed by atoms with Crippen LogP contribution in [0.5, 0.6) is 5.75 Å². The molecule has 0 radical (unpaired) electrons. The number of imidazole rings is 1.